The van der Waals surface area contributed by atoms with Crippen LogP contribution in [0.15, 0.2) is 49.1 Å². The Bertz CT molecular complexity index is 902. The Labute approximate surface area is 163 Å². The molecule has 3 aromatic heterocycles. The molecule has 1 amide bonds. The Balaban J connectivity index is 1.49. The molecule has 1 aliphatic heterocycles. The molecule has 27 heavy (non-hydrogen) atoms. The number of aromatic nitrogens is 3. The highest BCUT2D eigenvalue weighted by Crippen LogP contribution is 2.28. The van der Waals surface area contributed by atoms with Crippen LogP contribution in [0.3, 0.4) is 0 Å². The maximum atomic E-state index is 12.9. The fraction of sp³-hybridized carbons (Fsp3) is 0.381. The molecule has 0 saturated carbocycles. The summed E-state index contributed by atoms with van der Waals surface area (Å²) in [6.07, 6.45) is 10.6. The molecular weight excluding hydrogens is 356 g/mol. The average molecular weight is 381 g/mol. The second-order valence-electron chi connectivity index (χ2n) is 6.98. The highest BCUT2D eigenvalue weighted by atomic mass is 32.1. The average Bonchev–Trinajstić information content (AvgIpc) is 3.38. The normalized spacial score (nSPS) is 17.2. The lowest BCUT2D eigenvalue weighted by Gasteiger charge is -2.32. The van der Waals surface area contributed by atoms with Crippen LogP contribution in [0.25, 0.3) is 0 Å². The molecule has 1 aliphatic rings. The number of rotatable bonds is 5. The molecule has 4 rings (SSSR count). The molecular formula is C21H24N4OS. The van der Waals surface area contributed by atoms with Gasteiger partial charge in [-0.3, -0.25) is 9.78 Å². The quantitative estimate of drug-likeness (QED) is 0.673. The van der Waals surface area contributed by atoms with Gasteiger partial charge in [-0.1, -0.05) is 6.92 Å². The fourth-order valence-corrected chi connectivity index (χ4v) is 4.63. The van der Waals surface area contributed by atoms with Crippen LogP contribution in [0, 0.1) is 0 Å². The van der Waals surface area contributed by atoms with Crippen molar-refractivity contribution in [1.82, 2.24) is 19.4 Å². The van der Waals surface area contributed by atoms with Crippen LogP contribution in [0.2, 0.25) is 0 Å². The molecule has 0 bridgehead atoms. The molecule has 0 N–H and O–H groups in total. The molecule has 5 nitrogen and oxygen atoms in total. The summed E-state index contributed by atoms with van der Waals surface area (Å²) in [5.41, 5.74) is 1.21. The topological polar surface area (TPSA) is 51.0 Å². The van der Waals surface area contributed by atoms with E-state index in [1.54, 1.807) is 11.3 Å². The number of thiophene rings is 1. The Hall–Kier alpha value is -2.47. The molecule has 4 heterocycles. The molecule has 0 aliphatic carbocycles. The van der Waals surface area contributed by atoms with Crippen LogP contribution in [0.5, 0.6) is 0 Å². The molecule has 3 aromatic rings. The number of likely N-dealkylation sites (tertiary alicyclic amines) is 1. The smallest absolute Gasteiger partial charge is 0.263 e. The standard InChI is InChI=1S/C21H24N4OS/c1-2-18-5-6-19(27-18)21(26)25-12-3-4-17(15-25)20-23-11-13-24(20)14-16-7-9-22-10-8-16/h5-11,13,17H,2-4,12,14-15H2,1H3. The summed E-state index contributed by atoms with van der Waals surface area (Å²) >= 11 is 1.62. The van der Waals surface area contributed by atoms with Crippen molar-refractivity contribution < 1.29 is 4.79 Å². The number of nitrogens with zero attached hydrogens (tertiary/aromatic N) is 4. The van der Waals surface area contributed by atoms with Crippen molar-refractivity contribution in [2.24, 2.45) is 0 Å². The van der Waals surface area contributed by atoms with Crippen LogP contribution in [-0.2, 0) is 13.0 Å². The van der Waals surface area contributed by atoms with Crippen molar-refractivity contribution in [3.05, 3.63) is 70.2 Å². The third-order valence-corrected chi connectivity index (χ3v) is 6.36. The highest BCUT2D eigenvalue weighted by Gasteiger charge is 2.28. The van der Waals surface area contributed by atoms with E-state index in [9.17, 15) is 4.79 Å². The van der Waals surface area contributed by atoms with Crippen LogP contribution in [0.1, 0.15) is 51.6 Å². The Morgan fingerprint density at radius 1 is 1.22 bits per heavy atom. The van der Waals surface area contributed by atoms with E-state index in [-0.39, 0.29) is 11.8 Å². The van der Waals surface area contributed by atoms with E-state index in [0.717, 1.165) is 49.6 Å². The van der Waals surface area contributed by atoms with Crippen LogP contribution >= 0.6 is 11.3 Å². The molecule has 1 atom stereocenters. The van der Waals surface area contributed by atoms with Crippen molar-refractivity contribution in [1.29, 1.82) is 0 Å². The first-order chi connectivity index (χ1) is 13.2. The van der Waals surface area contributed by atoms with Gasteiger partial charge in [-0.15, -0.1) is 11.3 Å². The Kier molecular flexibility index (Phi) is 5.34. The van der Waals surface area contributed by atoms with Crippen molar-refractivity contribution in [2.45, 2.75) is 38.6 Å². The monoisotopic (exact) mass is 380 g/mol. The molecule has 1 fully saturated rings. The predicted octanol–water partition coefficient (Wildman–Crippen LogP) is 3.97. The number of carbonyl (C=O) groups is 1. The molecule has 0 radical (unpaired) electrons. The molecule has 1 saturated heterocycles. The SMILES string of the molecule is CCc1ccc(C(=O)N2CCCC(c3nccn3Cc3ccncc3)C2)s1. The summed E-state index contributed by atoms with van der Waals surface area (Å²) in [6, 6.07) is 8.10. The zero-order chi connectivity index (χ0) is 18.6. The van der Waals surface area contributed by atoms with Gasteiger partial charge in [0, 0.05) is 55.2 Å². The van der Waals surface area contributed by atoms with Gasteiger partial charge in [-0.2, -0.15) is 0 Å². The van der Waals surface area contributed by atoms with E-state index >= 15 is 0 Å². The van der Waals surface area contributed by atoms with Crippen LogP contribution in [-0.4, -0.2) is 38.4 Å². The minimum Gasteiger partial charge on any atom is -0.337 e. The van der Waals surface area contributed by atoms with Gasteiger partial charge in [0.05, 0.1) is 4.88 Å². The van der Waals surface area contributed by atoms with Crippen molar-refractivity contribution in [3.8, 4) is 0 Å². The van der Waals surface area contributed by atoms with Crippen LogP contribution in [0.4, 0.5) is 0 Å². The third-order valence-electron chi connectivity index (χ3n) is 5.14. The lowest BCUT2D eigenvalue weighted by Crippen LogP contribution is -2.39. The van der Waals surface area contributed by atoms with E-state index < -0.39 is 0 Å². The summed E-state index contributed by atoms with van der Waals surface area (Å²) in [5.74, 6) is 1.52. The number of piperidine rings is 1. The van der Waals surface area contributed by atoms with Gasteiger partial charge in [0.2, 0.25) is 0 Å². The number of pyridine rings is 1. The second-order valence-corrected chi connectivity index (χ2v) is 8.15. The number of hydrogen-bond donors (Lipinski definition) is 0. The molecule has 0 spiro atoms. The predicted molar refractivity (Wildman–Crippen MR) is 107 cm³/mol. The molecule has 0 aromatic carbocycles. The van der Waals surface area contributed by atoms with Gasteiger partial charge in [-0.25, -0.2) is 4.98 Å². The second kappa shape index (κ2) is 8.05. The van der Waals surface area contributed by atoms with Crippen molar-refractivity contribution >= 4 is 17.2 Å². The lowest BCUT2D eigenvalue weighted by molar-refractivity contribution is 0.0708. The Morgan fingerprint density at radius 2 is 2.07 bits per heavy atom. The minimum absolute atomic E-state index is 0.164. The number of carbonyl (C=O) groups excluding carboxylic acids is 1. The van der Waals surface area contributed by atoms with E-state index in [0.29, 0.717) is 0 Å². The number of amides is 1. The minimum atomic E-state index is 0.164. The summed E-state index contributed by atoms with van der Waals surface area (Å²) in [5, 5.41) is 0. The van der Waals surface area contributed by atoms with Crippen molar-refractivity contribution in [3.63, 3.8) is 0 Å². The van der Waals surface area contributed by atoms with E-state index in [2.05, 4.69) is 27.5 Å². The molecule has 6 heteroatoms. The zero-order valence-corrected chi connectivity index (χ0v) is 16.4. The number of aryl methyl sites for hydroxylation is 1. The van der Waals surface area contributed by atoms with Gasteiger partial charge in [0.25, 0.3) is 5.91 Å². The fourth-order valence-electron chi connectivity index (χ4n) is 3.71. The van der Waals surface area contributed by atoms with E-state index in [1.807, 2.05) is 47.9 Å². The summed E-state index contributed by atoms with van der Waals surface area (Å²) in [6.45, 7) is 4.48. The largest absolute Gasteiger partial charge is 0.337 e. The van der Waals surface area contributed by atoms with Gasteiger partial charge in [-0.05, 0) is 49.1 Å². The van der Waals surface area contributed by atoms with Gasteiger partial charge < -0.3 is 9.47 Å². The maximum Gasteiger partial charge on any atom is 0.263 e. The van der Waals surface area contributed by atoms with E-state index in [1.165, 1.54) is 10.4 Å². The summed E-state index contributed by atoms with van der Waals surface area (Å²) in [4.78, 5) is 25.8. The zero-order valence-electron chi connectivity index (χ0n) is 15.5. The number of imidazole rings is 1. The van der Waals surface area contributed by atoms with Gasteiger partial charge in [0.1, 0.15) is 5.82 Å². The lowest BCUT2D eigenvalue weighted by atomic mass is 9.97. The summed E-state index contributed by atoms with van der Waals surface area (Å²) < 4.78 is 2.20. The maximum absolute atomic E-state index is 12.9. The summed E-state index contributed by atoms with van der Waals surface area (Å²) in [7, 11) is 0. The van der Waals surface area contributed by atoms with E-state index in [4.69, 9.17) is 0 Å². The van der Waals surface area contributed by atoms with Gasteiger partial charge in [0.15, 0.2) is 0 Å². The highest BCUT2D eigenvalue weighted by molar-refractivity contribution is 7.14. The van der Waals surface area contributed by atoms with Crippen molar-refractivity contribution in [2.75, 3.05) is 13.1 Å². The first-order valence-electron chi connectivity index (χ1n) is 9.52. The van der Waals surface area contributed by atoms with Gasteiger partial charge >= 0.3 is 0 Å². The van der Waals surface area contributed by atoms with Crippen LogP contribution < -0.4 is 0 Å². The first kappa shape index (κ1) is 17.9. The third kappa shape index (κ3) is 3.95. The number of hydrogen-bond acceptors (Lipinski definition) is 4. The molecule has 140 valence electrons. The first-order valence-corrected chi connectivity index (χ1v) is 10.3. The molecule has 1 unspecified atom stereocenters. The Morgan fingerprint density at radius 3 is 2.85 bits per heavy atom.